The number of hydrogen-bond acceptors (Lipinski definition) is 3. The lowest BCUT2D eigenvalue weighted by atomic mass is 10.2. The predicted octanol–water partition coefficient (Wildman–Crippen LogP) is 0.758. The number of aromatic nitrogens is 2. The highest BCUT2D eigenvalue weighted by Gasteiger charge is 2.34. The number of anilines is 1. The second-order valence-electron chi connectivity index (χ2n) is 4.84. The van der Waals surface area contributed by atoms with Crippen molar-refractivity contribution in [2.24, 2.45) is 7.05 Å². The molecular weight excluding hydrogens is 232 g/mol. The zero-order valence-electron chi connectivity index (χ0n) is 10.9. The number of rotatable bonds is 1. The summed E-state index contributed by atoms with van der Waals surface area (Å²) in [7, 11) is 1.75. The average Bonchev–Trinajstić information content (AvgIpc) is 2.85. The van der Waals surface area contributed by atoms with Gasteiger partial charge in [0, 0.05) is 25.3 Å². The summed E-state index contributed by atoms with van der Waals surface area (Å²) in [5.74, 6) is -1.06. The molecular formula is C12H18N4O2. The van der Waals surface area contributed by atoms with Crippen LogP contribution in [0.15, 0.2) is 12.4 Å². The SMILES string of the molecule is C[C@@H]1CC[C@@H](C)N1C(=O)C(=O)Nc1cnn(C)c1. The van der Waals surface area contributed by atoms with E-state index in [0.29, 0.717) is 5.69 Å². The number of nitrogens with zero attached hydrogens (tertiary/aromatic N) is 3. The number of nitrogens with one attached hydrogen (secondary N) is 1. The van der Waals surface area contributed by atoms with Gasteiger partial charge in [0.05, 0.1) is 11.9 Å². The van der Waals surface area contributed by atoms with Crippen molar-refractivity contribution in [1.82, 2.24) is 14.7 Å². The molecule has 2 heterocycles. The Balaban J connectivity index is 2.03. The largest absolute Gasteiger partial charge is 0.329 e. The summed E-state index contributed by atoms with van der Waals surface area (Å²) in [6.45, 7) is 3.94. The van der Waals surface area contributed by atoms with E-state index in [1.54, 1.807) is 22.8 Å². The fourth-order valence-electron chi connectivity index (χ4n) is 2.38. The number of carbonyl (C=O) groups excluding carboxylic acids is 2. The summed E-state index contributed by atoms with van der Waals surface area (Å²) in [5, 5.41) is 6.50. The molecule has 2 rings (SSSR count). The fourth-order valence-corrected chi connectivity index (χ4v) is 2.38. The van der Waals surface area contributed by atoms with E-state index < -0.39 is 11.8 Å². The van der Waals surface area contributed by atoms with Crippen molar-refractivity contribution in [2.45, 2.75) is 38.8 Å². The molecule has 1 aliphatic heterocycles. The Bertz CT molecular complexity index is 458. The van der Waals surface area contributed by atoms with Gasteiger partial charge < -0.3 is 10.2 Å². The fraction of sp³-hybridized carbons (Fsp3) is 0.583. The first-order valence-corrected chi connectivity index (χ1v) is 6.11. The van der Waals surface area contributed by atoms with Gasteiger partial charge in [0.25, 0.3) is 0 Å². The minimum Gasteiger partial charge on any atom is -0.329 e. The van der Waals surface area contributed by atoms with Crippen LogP contribution in [0.1, 0.15) is 26.7 Å². The van der Waals surface area contributed by atoms with Gasteiger partial charge in [-0.3, -0.25) is 14.3 Å². The lowest BCUT2D eigenvalue weighted by Gasteiger charge is -2.25. The molecule has 1 aromatic heterocycles. The second kappa shape index (κ2) is 4.80. The summed E-state index contributed by atoms with van der Waals surface area (Å²) in [6.07, 6.45) is 5.07. The van der Waals surface area contributed by atoms with E-state index in [0.717, 1.165) is 12.8 Å². The van der Waals surface area contributed by atoms with Crippen molar-refractivity contribution in [3.05, 3.63) is 12.4 Å². The number of amides is 2. The summed E-state index contributed by atoms with van der Waals surface area (Å²) >= 11 is 0. The van der Waals surface area contributed by atoms with Crippen LogP contribution in [0.25, 0.3) is 0 Å². The molecule has 2 amide bonds. The molecule has 0 bridgehead atoms. The zero-order chi connectivity index (χ0) is 13.3. The van der Waals surface area contributed by atoms with Gasteiger partial charge in [-0.05, 0) is 26.7 Å². The number of hydrogen-bond donors (Lipinski definition) is 1. The Labute approximate surface area is 106 Å². The molecule has 1 N–H and O–H groups in total. The van der Waals surface area contributed by atoms with Gasteiger partial charge in [-0.2, -0.15) is 5.10 Å². The molecule has 18 heavy (non-hydrogen) atoms. The smallest absolute Gasteiger partial charge is 0.314 e. The third-order valence-electron chi connectivity index (χ3n) is 3.34. The lowest BCUT2D eigenvalue weighted by molar-refractivity contribution is -0.144. The zero-order valence-corrected chi connectivity index (χ0v) is 10.9. The molecule has 1 saturated heterocycles. The van der Waals surface area contributed by atoms with Crippen molar-refractivity contribution >= 4 is 17.5 Å². The standard InChI is InChI=1S/C12H18N4O2/c1-8-4-5-9(2)16(8)12(18)11(17)14-10-6-13-15(3)7-10/h6-9H,4-5H2,1-3H3,(H,14,17)/t8-,9-/m1/s1. The van der Waals surface area contributed by atoms with Crippen molar-refractivity contribution in [1.29, 1.82) is 0 Å². The molecule has 1 fully saturated rings. The van der Waals surface area contributed by atoms with Crippen LogP contribution >= 0.6 is 0 Å². The van der Waals surface area contributed by atoms with Gasteiger partial charge in [-0.15, -0.1) is 0 Å². The Hall–Kier alpha value is -1.85. The van der Waals surface area contributed by atoms with E-state index in [-0.39, 0.29) is 12.1 Å². The summed E-state index contributed by atoms with van der Waals surface area (Å²) in [4.78, 5) is 25.6. The highest BCUT2D eigenvalue weighted by atomic mass is 16.2. The molecule has 0 aromatic carbocycles. The first-order valence-electron chi connectivity index (χ1n) is 6.11. The van der Waals surface area contributed by atoms with Crippen LogP contribution in [0.5, 0.6) is 0 Å². The van der Waals surface area contributed by atoms with Crippen molar-refractivity contribution in [3.63, 3.8) is 0 Å². The Morgan fingerprint density at radius 2 is 1.94 bits per heavy atom. The minimum absolute atomic E-state index is 0.132. The van der Waals surface area contributed by atoms with Crippen LogP contribution in [0, 0.1) is 0 Å². The highest BCUT2D eigenvalue weighted by Crippen LogP contribution is 2.23. The maximum Gasteiger partial charge on any atom is 0.314 e. The molecule has 0 spiro atoms. The van der Waals surface area contributed by atoms with Gasteiger partial charge in [0.15, 0.2) is 0 Å². The van der Waals surface area contributed by atoms with Gasteiger partial charge in [0.1, 0.15) is 0 Å². The maximum absolute atomic E-state index is 12.1. The van der Waals surface area contributed by atoms with Gasteiger partial charge in [0.2, 0.25) is 0 Å². The molecule has 1 aromatic rings. The van der Waals surface area contributed by atoms with E-state index in [1.807, 2.05) is 13.8 Å². The molecule has 6 heteroatoms. The van der Waals surface area contributed by atoms with Crippen molar-refractivity contribution < 1.29 is 9.59 Å². The van der Waals surface area contributed by atoms with E-state index in [9.17, 15) is 9.59 Å². The first kappa shape index (κ1) is 12.6. The van der Waals surface area contributed by atoms with Crippen molar-refractivity contribution in [3.8, 4) is 0 Å². The van der Waals surface area contributed by atoms with Gasteiger partial charge >= 0.3 is 11.8 Å². The first-order chi connectivity index (χ1) is 8.49. The van der Waals surface area contributed by atoms with Gasteiger partial charge in [-0.25, -0.2) is 0 Å². The summed E-state index contributed by atoms with van der Waals surface area (Å²) < 4.78 is 1.57. The molecule has 0 aliphatic carbocycles. The number of carbonyl (C=O) groups is 2. The van der Waals surface area contributed by atoms with E-state index >= 15 is 0 Å². The van der Waals surface area contributed by atoms with Gasteiger partial charge in [-0.1, -0.05) is 0 Å². The molecule has 0 saturated carbocycles. The van der Waals surface area contributed by atoms with Crippen LogP contribution < -0.4 is 5.32 Å². The van der Waals surface area contributed by atoms with E-state index in [4.69, 9.17) is 0 Å². The molecule has 1 aliphatic rings. The number of aryl methyl sites for hydroxylation is 1. The third kappa shape index (κ3) is 2.37. The predicted molar refractivity (Wildman–Crippen MR) is 66.8 cm³/mol. The average molecular weight is 250 g/mol. The highest BCUT2D eigenvalue weighted by molar-refractivity contribution is 6.39. The second-order valence-corrected chi connectivity index (χ2v) is 4.84. The van der Waals surface area contributed by atoms with Crippen LogP contribution in [0.3, 0.4) is 0 Å². The summed E-state index contributed by atoms with van der Waals surface area (Å²) in [6, 6.07) is 0.263. The van der Waals surface area contributed by atoms with Crippen molar-refractivity contribution in [2.75, 3.05) is 5.32 Å². The Kier molecular flexibility index (Phi) is 3.36. The molecule has 6 nitrogen and oxygen atoms in total. The monoisotopic (exact) mass is 250 g/mol. The minimum atomic E-state index is -0.594. The maximum atomic E-state index is 12.1. The van der Waals surface area contributed by atoms with Crippen LogP contribution in [0.4, 0.5) is 5.69 Å². The molecule has 0 radical (unpaired) electrons. The van der Waals surface area contributed by atoms with E-state index in [2.05, 4.69) is 10.4 Å². The molecule has 2 atom stereocenters. The van der Waals surface area contributed by atoms with Crippen LogP contribution in [-0.4, -0.2) is 38.6 Å². The lowest BCUT2D eigenvalue weighted by Crippen LogP contribution is -2.44. The van der Waals surface area contributed by atoms with Crippen LogP contribution in [-0.2, 0) is 16.6 Å². The summed E-state index contributed by atoms with van der Waals surface area (Å²) in [5.41, 5.74) is 0.537. The normalized spacial score (nSPS) is 23.2. The quantitative estimate of drug-likeness (QED) is 0.748. The molecule has 0 unspecified atom stereocenters. The molecule has 98 valence electrons. The third-order valence-corrected chi connectivity index (χ3v) is 3.34. The number of likely N-dealkylation sites (tertiary alicyclic amines) is 1. The Morgan fingerprint density at radius 1 is 1.33 bits per heavy atom. The van der Waals surface area contributed by atoms with Crippen LogP contribution in [0.2, 0.25) is 0 Å². The van der Waals surface area contributed by atoms with E-state index in [1.165, 1.54) is 6.20 Å². The topological polar surface area (TPSA) is 67.2 Å². The Morgan fingerprint density at radius 3 is 2.44 bits per heavy atom.